The van der Waals surface area contributed by atoms with Crippen molar-refractivity contribution in [2.45, 2.75) is 64.2 Å². The Morgan fingerprint density at radius 3 is 2.44 bits per heavy atom. The second kappa shape index (κ2) is 6.90. The second-order valence-corrected chi connectivity index (χ2v) is 8.22. The van der Waals surface area contributed by atoms with Gasteiger partial charge in [-0.25, -0.2) is 8.42 Å². The topological polar surface area (TPSA) is 46.2 Å². The van der Waals surface area contributed by atoms with Gasteiger partial charge in [-0.15, -0.1) is 0 Å². The van der Waals surface area contributed by atoms with Gasteiger partial charge in [0.15, 0.2) is 9.84 Å². The van der Waals surface area contributed by atoms with Crippen LogP contribution in [0.1, 0.15) is 52.9 Å². The standard InChI is InChI=1S/C14H29NO2S/c1-5-12-8-7-9-13(10-12)14(15-6-2)11(3)18(4,16)17/h11-15H,5-10H2,1-4H3. The summed E-state index contributed by atoms with van der Waals surface area (Å²) in [5.41, 5.74) is 0. The van der Waals surface area contributed by atoms with Crippen LogP contribution in [0.25, 0.3) is 0 Å². The molecular formula is C14H29NO2S. The Morgan fingerprint density at radius 1 is 1.28 bits per heavy atom. The molecule has 1 rings (SSSR count). The zero-order chi connectivity index (χ0) is 13.8. The van der Waals surface area contributed by atoms with E-state index in [0.29, 0.717) is 5.92 Å². The Kier molecular flexibility index (Phi) is 6.12. The summed E-state index contributed by atoms with van der Waals surface area (Å²) in [7, 11) is -2.96. The summed E-state index contributed by atoms with van der Waals surface area (Å²) < 4.78 is 23.6. The van der Waals surface area contributed by atoms with Gasteiger partial charge >= 0.3 is 0 Å². The average Bonchev–Trinajstić information content (AvgIpc) is 2.34. The molecule has 1 fully saturated rings. The van der Waals surface area contributed by atoms with Crippen LogP contribution in [0.15, 0.2) is 0 Å². The lowest BCUT2D eigenvalue weighted by Gasteiger charge is -2.37. The molecule has 0 aromatic rings. The number of hydrogen-bond donors (Lipinski definition) is 1. The summed E-state index contributed by atoms with van der Waals surface area (Å²) in [5.74, 6) is 1.31. The highest BCUT2D eigenvalue weighted by Gasteiger charge is 2.34. The number of rotatable bonds is 6. The van der Waals surface area contributed by atoms with Crippen molar-refractivity contribution >= 4 is 9.84 Å². The minimum atomic E-state index is -2.96. The van der Waals surface area contributed by atoms with Gasteiger partial charge in [0.05, 0.1) is 5.25 Å². The summed E-state index contributed by atoms with van der Waals surface area (Å²) in [4.78, 5) is 0. The van der Waals surface area contributed by atoms with Crippen molar-refractivity contribution in [3.63, 3.8) is 0 Å². The van der Waals surface area contributed by atoms with Crippen molar-refractivity contribution in [1.82, 2.24) is 5.32 Å². The summed E-state index contributed by atoms with van der Waals surface area (Å²) in [6.45, 7) is 7.01. The van der Waals surface area contributed by atoms with Gasteiger partial charge in [0.2, 0.25) is 0 Å². The molecule has 4 unspecified atom stereocenters. The Labute approximate surface area is 113 Å². The van der Waals surface area contributed by atoms with Crippen molar-refractivity contribution in [2.24, 2.45) is 11.8 Å². The first kappa shape index (κ1) is 16.0. The van der Waals surface area contributed by atoms with Gasteiger partial charge in [0.1, 0.15) is 0 Å². The molecule has 0 aromatic heterocycles. The summed E-state index contributed by atoms with van der Waals surface area (Å²) in [5, 5.41) is 3.14. The van der Waals surface area contributed by atoms with Crippen molar-refractivity contribution in [3.05, 3.63) is 0 Å². The van der Waals surface area contributed by atoms with Crippen LogP contribution in [-0.2, 0) is 9.84 Å². The summed E-state index contributed by atoms with van der Waals surface area (Å²) in [6, 6.07) is 0.124. The number of nitrogens with one attached hydrogen (secondary N) is 1. The fourth-order valence-electron chi connectivity index (χ4n) is 3.25. The van der Waals surface area contributed by atoms with E-state index in [2.05, 4.69) is 19.2 Å². The normalized spacial score (nSPS) is 28.9. The summed E-state index contributed by atoms with van der Waals surface area (Å²) >= 11 is 0. The lowest BCUT2D eigenvalue weighted by atomic mass is 9.76. The third-order valence-electron chi connectivity index (χ3n) is 4.53. The van der Waals surface area contributed by atoms with Crippen LogP contribution >= 0.6 is 0 Å². The Hall–Kier alpha value is -0.0900. The summed E-state index contributed by atoms with van der Waals surface area (Å²) in [6.07, 6.45) is 7.52. The fourth-order valence-corrected chi connectivity index (χ4v) is 4.10. The molecule has 3 nitrogen and oxygen atoms in total. The highest BCUT2D eigenvalue weighted by molar-refractivity contribution is 7.91. The molecule has 0 radical (unpaired) electrons. The zero-order valence-electron chi connectivity index (χ0n) is 12.3. The smallest absolute Gasteiger partial charge is 0.151 e. The third kappa shape index (κ3) is 4.23. The molecule has 0 spiro atoms. The van der Waals surface area contributed by atoms with Crippen LogP contribution in [0.5, 0.6) is 0 Å². The molecule has 4 heteroatoms. The van der Waals surface area contributed by atoms with E-state index < -0.39 is 9.84 Å². The van der Waals surface area contributed by atoms with Gasteiger partial charge in [0.25, 0.3) is 0 Å². The maximum atomic E-state index is 11.8. The van der Waals surface area contributed by atoms with E-state index in [4.69, 9.17) is 0 Å². The fraction of sp³-hybridized carbons (Fsp3) is 1.00. The first-order valence-corrected chi connectivity index (χ1v) is 9.27. The van der Waals surface area contributed by atoms with Gasteiger partial charge in [-0.05, 0) is 38.1 Å². The van der Waals surface area contributed by atoms with E-state index in [9.17, 15) is 8.42 Å². The van der Waals surface area contributed by atoms with E-state index in [1.165, 1.54) is 38.4 Å². The molecule has 1 N–H and O–H groups in total. The van der Waals surface area contributed by atoms with Crippen molar-refractivity contribution < 1.29 is 8.42 Å². The van der Waals surface area contributed by atoms with Gasteiger partial charge < -0.3 is 5.32 Å². The molecule has 108 valence electrons. The van der Waals surface area contributed by atoms with Crippen LogP contribution in [0, 0.1) is 11.8 Å². The van der Waals surface area contributed by atoms with E-state index >= 15 is 0 Å². The maximum absolute atomic E-state index is 11.8. The molecular weight excluding hydrogens is 246 g/mol. The SMILES string of the molecule is CCNC(C1CCCC(CC)C1)C(C)S(C)(=O)=O. The molecule has 0 amide bonds. The van der Waals surface area contributed by atoms with Crippen molar-refractivity contribution in [3.8, 4) is 0 Å². The molecule has 1 aliphatic rings. The Morgan fingerprint density at radius 2 is 1.94 bits per heavy atom. The Balaban J connectivity index is 2.77. The molecule has 0 heterocycles. The van der Waals surface area contributed by atoms with Gasteiger partial charge in [-0.2, -0.15) is 0 Å². The first-order chi connectivity index (χ1) is 8.40. The van der Waals surface area contributed by atoms with Crippen molar-refractivity contribution in [1.29, 1.82) is 0 Å². The zero-order valence-corrected chi connectivity index (χ0v) is 13.1. The van der Waals surface area contributed by atoms with Gasteiger partial charge in [0, 0.05) is 12.3 Å². The van der Waals surface area contributed by atoms with Crippen LogP contribution in [0.4, 0.5) is 0 Å². The molecule has 1 aliphatic carbocycles. The lowest BCUT2D eigenvalue weighted by molar-refractivity contribution is 0.207. The minimum absolute atomic E-state index is 0.124. The molecule has 18 heavy (non-hydrogen) atoms. The molecule has 4 atom stereocenters. The van der Waals surface area contributed by atoms with Gasteiger partial charge in [-0.1, -0.05) is 33.1 Å². The van der Waals surface area contributed by atoms with E-state index in [0.717, 1.165) is 12.5 Å². The lowest BCUT2D eigenvalue weighted by Crippen LogP contribution is -2.48. The van der Waals surface area contributed by atoms with E-state index in [1.54, 1.807) is 0 Å². The Bertz CT molecular complexity index is 340. The van der Waals surface area contributed by atoms with Crippen LogP contribution in [-0.4, -0.2) is 32.5 Å². The maximum Gasteiger partial charge on any atom is 0.151 e. The first-order valence-electron chi connectivity index (χ1n) is 7.32. The largest absolute Gasteiger partial charge is 0.313 e. The van der Waals surface area contributed by atoms with Gasteiger partial charge in [-0.3, -0.25) is 0 Å². The number of hydrogen-bond acceptors (Lipinski definition) is 3. The second-order valence-electron chi connectivity index (χ2n) is 5.82. The third-order valence-corrected chi connectivity index (χ3v) is 6.17. The van der Waals surface area contributed by atoms with Crippen LogP contribution in [0.2, 0.25) is 0 Å². The average molecular weight is 275 g/mol. The number of sulfone groups is 1. The predicted octanol–water partition coefficient (Wildman–Crippen LogP) is 2.61. The molecule has 0 bridgehead atoms. The molecule has 0 aromatic carbocycles. The van der Waals surface area contributed by atoms with E-state index in [-0.39, 0.29) is 11.3 Å². The molecule has 1 saturated carbocycles. The quantitative estimate of drug-likeness (QED) is 0.810. The molecule has 0 aliphatic heterocycles. The predicted molar refractivity (Wildman–Crippen MR) is 77.5 cm³/mol. The minimum Gasteiger partial charge on any atom is -0.313 e. The highest BCUT2D eigenvalue weighted by atomic mass is 32.2. The van der Waals surface area contributed by atoms with Crippen LogP contribution < -0.4 is 5.32 Å². The van der Waals surface area contributed by atoms with Crippen molar-refractivity contribution in [2.75, 3.05) is 12.8 Å². The highest BCUT2D eigenvalue weighted by Crippen LogP contribution is 2.34. The van der Waals surface area contributed by atoms with E-state index in [1.807, 2.05) is 6.92 Å². The monoisotopic (exact) mass is 275 g/mol. The molecule has 0 saturated heterocycles. The van der Waals surface area contributed by atoms with Crippen LogP contribution in [0.3, 0.4) is 0 Å².